The second-order valence-electron chi connectivity index (χ2n) is 7.19. The van der Waals surface area contributed by atoms with E-state index >= 15 is 0 Å². The molecule has 28 heavy (non-hydrogen) atoms. The van der Waals surface area contributed by atoms with E-state index in [4.69, 9.17) is 0 Å². The van der Waals surface area contributed by atoms with Gasteiger partial charge in [-0.1, -0.05) is 6.42 Å². The van der Waals surface area contributed by atoms with Gasteiger partial charge in [0.15, 0.2) is 0 Å². The molecule has 2 aromatic heterocycles. The number of anilines is 2. The molecule has 0 spiro atoms. The molecule has 0 bridgehead atoms. The molecule has 0 aromatic carbocycles. The van der Waals surface area contributed by atoms with Gasteiger partial charge in [-0.3, -0.25) is 0 Å². The van der Waals surface area contributed by atoms with Crippen LogP contribution in [0.25, 0.3) is 0 Å². The molecule has 2 saturated heterocycles. The zero-order chi connectivity index (χ0) is 19.4. The van der Waals surface area contributed by atoms with Crippen molar-refractivity contribution in [3.63, 3.8) is 0 Å². The van der Waals surface area contributed by atoms with E-state index in [0.717, 1.165) is 63.6 Å². The Labute approximate surface area is 166 Å². The summed E-state index contributed by atoms with van der Waals surface area (Å²) in [6, 6.07) is 5.33. The van der Waals surface area contributed by atoms with Crippen LogP contribution < -0.4 is 9.80 Å². The first-order valence-electron chi connectivity index (χ1n) is 9.88. The van der Waals surface area contributed by atoms with Crippen molar-refractivity contribution in [3.05, 3.63) is 36.8 Å². The third-order valence-corrected chi connectivity index (χ3v) is 7.21. The molecule has 0 atom stereocenters. The molecule has 4 rings (SSSR count). The summed E-state index contributed by atoms with van der Waals surface area (Å²) < 4.78 is 27.1. The Morgan fingerprint density at radius 1 is 0.750 bits per heavy atom. The molecule has 2 aliphatic rings. The summed E-state index contributed by atoms with van der Waals surface area (Å²) in [5.74, 6) is 1.56. The standard InChI is InChI=1S/C19H26N6O2S/c26-28(27,25-12-2-1-3-13-25)17-6-7-18(22-16-17)23-10-5-11-24(15-14-23)19-20-8-4-9-21-19/h4,6-9,16H,1-3,5,10-15H2. The van der Waals surface area contributed by atoms with Gasteiger partial charge in [-0.05, 0) is 37.5 Å². The predicted molar refractivity (Wildman–Crippen MR) is 108 cm³/mol. The molecule has 0 radical (unpaired) electrons. The van der Waals surface area contributed by atoms with Crippen LogP contribution in [0.3, 0.4) is 0 Å². The molecule has 4 heterocycles. The van der Waals surface area contributed by atoms with E-state index < -0.39 is 10.0 Å². The van der Waals surface area contributed by atoms with Crippen LogP contribution in [-0.2, 0) is 10.0 Å². The summed E-state index contributed by atoms with van der Waals surface area (Å²) in [5.41, 5.74) is 0. The summed E-state index contributed by atoms with van der Waals surface area (Å²) in [6.45, 7) is 4.57. The quantitative estimate of drug-likeness (QED) is 0.771. The molecule has 2 aromatic rings. The van der Waals surface area contributed by atoms with Crippen LogP contribution in [0.1, 0.15) is 25.7 Å². The molecule has 8 nitrogen and oxygen atoms in total. The Morgan fingerprint density at radius 2 is 1.46 bits per heavy atom. The second-order valence-corrected chi connectivity index (χ2v) is 9.13. The molecule has 0 N–H and O–H groups in total. The second kappa shape index (κ2) is 8.40. The molecule has 2 fully saturated rings. The van der Waals surface area contributed by atoms with Crippen molar-refractivity contribution in [1.29, 1.82) is 0 Å². The Kier molecular flexibility index (Phi) is 5.72. The van der Waals surface area contributed by atoms with Crippen molar-refractivity contribution in [1.82, 2.24) is 19.3 Å². The van der Waals surface area contributed by atoms with Gasteiger partial charge in [0.05, 0.1) is 0 Å². The number of rotatable bonds is 4. The Balaban J connectivity index is 1.44. The minimum Gasteiger partial charge on any atom is -0.355 e. The average molecular weight is 403 g/mol. The maximum atomic E-state index is 12.8. The minimum absolute atomic E-state index is 0.285. The van der Waals surface area contributed by atoms with Crippen molar-refractivity contribution in [2.75, 3.05) is 49.1 Å². The molecule has 0 aliphatic carbocycles. The van der Waals surface area contributed by atoms with E-state index in [0.29, 0.717) is 13.1 Å². The maximum Gasteiger partial charge on any atom is 0.244 e. The monoisotopic (exact) mass is 402 g/mol. The first kappa shape index (κ1) is 19.1. The van der Waals surface area contributed by atoms with E-state index in [9.17, 15) is 8.42 Å². The number of nitrogens with zero attached hydrogens (tertiary/aromatic N) is 6. The highest BCUT2D eigenvalue weighted by Crippen LogP contribution is 2.22. The average Bonchev–Trinajstić information content (AvgIpc) is 3.01. The van der Waals surface area contributed by atoms with Crippen molar-refractivity contribution in [2.24, 2.45) is 0 Å². The van der Waals surface area contributed by atoms with Crippen LogP contribution in [0.5, 0.6) is 0 Å². The fraction of sp³-hybridized carbons (Fsp3) is 0.526. The lowest BCUT2D eigenvalue weighted by molar-refractivity contribution is 0.346. The van der Waals surface area contributed by atoms with Gasteiger partial charge in [0.1, 0.15) is 10.7 Å². The molecule has 0 saturated carbocycles. The first-order chi connectivity index (χ1) is 13.6. The topological polar surface area (TPSA) is 82.5 Å². The maximum absolute atomic E-state index is 12.8. The molecular formula is C19H26N6O2S. The molecule has 2 aliphatic heterocycles. The van der Waals surface area contributed by atoms with Crippen LogP contribution in [0.15, 0.2) is 41.7 Å². The lowest BCUT2D eigenvalue weighted by Gasteiger charge is -2.26. The van der Waals surface area contributed by atoms with Crippen LogP contribution >= 0.6 is 0 Å². The fourth-order valence-electron chi connectivity index (χ4n) is 3.77. The highest BCUT2D eigenvalue weighted by Gasteiger charge is 2.26. The first-order valence-corrected chi connectivity index (χ1v) is 11.3. The van der Waals surface area contributed by atoms with Crippen molar-refractivity contribution < 1.29 is 8.42 Å². The third-order valence-electron chi connectivity index (χ3n) is 5.33. The summed E-state index contributed by atoms with van der Waals surface area (Å²) >= 11 is 0. The molecule has 9 heteroatoms. The highest BCUT2D eigenvalue weighted by atomic mass is 32.2. The summed E-state index contributed by atoms with van der Waals surface area (Å²) in [6.07, 6.45) is 8.95. The van der Waals surface area contributed by atoms with Crippen LogP contribution in [-0.4, -0.2) is 66.9 Å². The molecule has 150 valence electrons. The van der Waals surface area contributed by atoms with E-state index in [1.165, 1.54) is 6.20 Å². The van der Waals surface area contributed by atoms with Gasteiger partial charge in [-0.2, -0.15) is 4.31 Å². The summed E-state index contributed by atoms with van der Waals surface area (Å²) in [4.78, 5) is 17.8. The van der Waals surface area contributed by atoms with Crippen molar-refractivity contribution in [3.8, 4) is 0 Å². The van der Waals surface area contributed by atoms with Crippen LogP contribution in [0.4, 0.5) is 11.8 Å². The van der Waals surface area contributed by atoms with Gasteiger partial charge in [-0.15, -0.1) is 0 Å². The SMILES string of the molecule is O=S(=O)(c1ccc(N2CCCN(c3ncccn3)CC2)nc1)N1CCCCC1. The van der Waals surface area contributed by atoms with Crippen LogP contribution in [0.2, 0.25) is 0 Å². The zero-order valence-electron chi connectivity index (χ0n) is 15.9. The smallest absolute Gasteiger partial charge is 0.244 e. The fourth-order valence-corrected chi connectivity index (χ4v) is 5.23. The normalized spacial score (nSPS) is 19.4. The Hall–Kier alpha value is -2.26. The van der Waals surface area contributed by atoms with Crippen molar-refractivity contribution in [2.45, 2.75) is 30.6 Å². The number of sulfonamides is 1. The predicted octanol–water partition coefficient (Wildman–Crippen LogP) is 1.76. The highest BCUT2D eigenvalue weighted by molar-refractivity contribution is 7.89. The Bertz CT molecular complexity index is 869. The number of piperidine rings is 1. The van der Waals surface area contributed by atoms with Gasteiger partial charge >= 0.3 is 0 Å². The van der Waals surface area contributed by atoms with Crippen molar-refractivity contribution >= 4 is 21.8 Å². The largest absolute Gasteiger partial charge is 0.355 e. The van der Waals surface area contributed by atoms with Gasteiger partial charge in [0.2, 0.25) is 16.0 Å². The third kappa shape index (κ3) is 4.10. The number of hydrogen-bond donors (Lipinski definition) is 0. The van der Waals surface area contributed by atoms with Gasteiger partial charge < -0.3 is 9.80 Å². The summed E-state index contributed by atoms with van der Waals surface area (Å²) in [7, 11) is -3.43. The number of hydrogen-bond acceptors (Lipinski definition) is 7. The molecule has 0 amide bonds. The van der Waals surface area contributed by atoms with Gasteiger partial charge in [0.25, 0.3) is 0 Å². The van der Waals surface area contributed by atoms with E-state index in [1.54, 1.807) is 22.8 Å². The van der Waals surface area contributed by atoms with Gasteiger partial charge in [0, 0.05) is 57.9 Å². The lowest BCUT2D eigenvalue weighted by atomic mass is 10.2. The van der Waals surface area contributed by atoms with Crippen LogP contribution in [0, 0.1) is 0 Å². The minimum atomic E-state index is -3.43. The van der Waals surface area contributed by atoms with E-state index in [2.05, 4.69) is 24.8 Å². The van der Waals surface area contributed by atoms with Gasteiger partial charge in [-0.25, -0.2) is 23.4 Å². The number of aromatic nitrogens is 3. The molecular weight excluding hydrogens is 376 g/mol. The zero-order valence-corrected chi connectivity index (χ0v) is 16.8. The summed E-state index contributed by atoms with van der Waals surface area (Å²) in [5, 5.41) is 0. The Morgan fingerprint density at radius 3 is 2.18 bits per heavy atom. The number of pyridine rings is 1. The molecule has 0 unspecified atom stereocenters. The van der Waals surface area contributed by atoms with E-state index in [1.807, 2.05) is 12.1 Å². The van der Waals surface area contributed by atoms with E-state index in [-0.39, 0.29) is 4.90 Å². The lowest BCUT2D eigenvalue weighted by Crippen LogP contribution is -2.35.